The number of Topliss-reactive ketones (excluding diaryl/α,β-unsaturated/α-hetero) is 2. The molecule has 0 spiro atoms. The second-order valence-corrected chi connectivity index (χ2v) is 12.2. The van der Waals surface area contributed by atoms with Gasteiger partial charge in [0, 0.05) is 76.1 Å². The lowest BCUT2D eigenvalue weighted by Gasteiger charge is -2.34. The van der Waals surface area contributed by atoms with E-state index in [1.807, 2.05) is 14.0 Å². The number of nitrogens with one attached hydrogen (secondary N) is 1. The van der Waals surface area contributed by atoms with Crippen molar-refractivity contribution in [3.63, 3.8) is 0 Å². The summed E-state index contributed by atoms with van der Waals surface area (Å²) in [5.41, 5.74) is 0.0864. The number of aryl methyl sites for hydroxylation is 1. The number of ketones is 2. The second kappa shape index (κ2) is 15.5. The number of aromatic nitrogens is 2. The van der Waals surface area contributed by atoms with Gasteiger partial charge in [-0.15, -0.1) is 0 Å². The number of likely N-dealkylation sites (N-methyl/N-ethyl adjacent to an activating group) is 1. The van der Waals surface area contributed by atoms with Crippen LogP contribution in [0.3, 0.4) is 0 Å². The molecule has 1 aromatic carbocycles. The molecule has 0 unspecified atom stereocenters. The minimum Gasteiger partial charge on any atom is -0.340 e. The first-order valence-corrected chi connectivity index (χ1v) is 15.9. The number of piperazine rings is 1. The number of hydrogen-bond acceptors (Lipinski definition) is 6. The van der Waals surface area contributed by atoms with E-state index in [-0.39, 0.29) is 60.3 Å². The van der Waals surface area contributed by atoms with E-state index in [9.17, 15) is 19.2 Å². The standard InChI is InChI=1S/C33H45F2N5O4/c1-4-25(41)18-24(33(44)39-15-13-38(3)14-16-39)17-23-19-28(35)29(21-27(23)34)37-32(43)26(22-9-7-6-8-10-22)20-31(42)30-11-12-36-40(30)5-2/h11-12,19,21-22,24,26H,4-10,13-18,20H2,1-3H3,(H,37,43)/t24-,26-/m0/s1. The summed E-state index contributed by atoms with van der Waals surface area (Å²) in [6, 6.07) is 3.57. The largest absolute Gasteiger partial charge is 0.340 e. The van der Waals surface area contributed by atoms with Crippen LogP contribution in [0.1, 0.15) is 81.3 Å². The molecule has 2 atom stereocenters. The first-order valence-electron chi connectivity index (χ1n) is 15.9. The Balaban J connectivity index is 1.51. The number of carbonyl (C=O) groups is 4. The van der Waals surface area contributed by atoms with Crippen molar-refractivity contribution in [2.75, 3.05) is 38.5 Å². The first kappa shape index (κ1) is 33.4. The van der Waals surface area contributed by atoms with E-state index in [1.165, 1.54) is 0 Å². The molecule has 44 heavy (non-hydrogen) atoms. The monoisotopic (exact) mass is 613 g/mol. The highest BCUT2D eigenvalue weighted by Gasteiger charge is 2.34. The van der Waals surface area contributed by atoms with Crippen LogP contribution in [0, 0.1) is 29.4 Å². The van der Waals surface area contributed by atoms with Gasteiger partial charge in [-0.05, 0) is 56.8 Å². The van der Waals surface area contributed by atoms with Crippen LogP contribution >= 0.6 is 0 Å². The predicted octanol–water partition coefficient (Wildman–Crippen LogP) is 4.89. The maximum atomic E-state index is 15.5. The van der Waals surface area contributed by atoms with Gasteiger partial charge in [0.25, 0.3) is 0 Å². The number of anilines is 1. The smallest absolute Gasteiger partial charge is 0.228 e. The molecule has 2 aromatic rings. The Bertz CT molecular complexity index is 1330. The summed E-state index contributed by atoms with van der Waals surface area (Å²) in [5.74, 6) is -4.23. The number of rotatable bonds is 13. The third-order valence-electron chi connectivity index (χ3n) is 9.16. The lowest BCUT2D eigenvalue weighted by Crippen LogP contribution is -2.49. The van der Waals surface area contributed by atoms with Crippen molar-refractivity contribution in [2.24, 2.45) is 17.8 Å². The van der Waals surface area contributed by atoms with Crippen LogP contribution < -0.4 is 5.32 Å². The highest BCUT2D eigenvalue weighted by atomic mass is 19.1. The predicted molar refractivity (Wildman–Crippen MR) is 163 cm³/mol. The quantitative estimate of drug-likeness (QED) is 0.323. The topological polar surface area (TPSA) is 105 Å². The third-order valence-corrected chi connectivity index (χ3v) is 9.16. The number of halogens is 2. The van der Waals surface area contributed by atoms with Gasteiger partial charge < -0.3 is 15.1 Å². The Morgan fingerprint density at radius 2 is 1.68 bits per heavy atom. The lowest BCUT2D eigenvalue weighted by atomic mass is 9.77. The van der Waals surface area contributed by atoms with Crippen LogP contribution in [-0.2, 0) is 27.3 Å². The van der Waals surface area contributed by atoms with E-state index in [0.717, 1.165) is 44.2 Å². The van der Waals surface area contributed by atoms with Gasteiger partial charge in [-0.25, -0.2) is 8.78 Å². The fourth-order valence-electron chi connectivity index (χ4n) is 6.42. The van der Waals surface area contributed by atoms with E-state index in [4.69, 9.17) is 0 Å². The van der Waals surface area contributed by atoms with Gasteiger partial charge in [0.1, 0.15) is 23.1 Å². The van der Waals surface area contributed by atoms with Gasteiger partial charge in [0.15, 0.2) is 5.78 Å². The number of hydrogen-bond donors (Lipinski definition) is 1. The van der Waals surface area contributed by atoms with Gasteiger partial charge in [-0.3, -0.25) is 23.9 Å². The lowest BCUT2D eigenvalue weighted by molar-refractivity contribution is -0.139. The first-order chi connectivity index (χ1) is 21.1. The summed E-state index contributed by atoms with van der Waals surface area (Å²) in [6.45, 7) is 6.53. The zero-order valence-corrected chi connectivity index (χ0v) is 26.1. The molecular formula is C33H45F2N5O4. The van der Waals surface area contributed by atoms with Gasteiger partial charge in [0.05, 0.1) is 5.69 Å². The molecule has 2 aliphatic rings. The molecule has 1 N–H and O–H groups in total. The van der Waals surface area contributed by atoms with Crippen molar-refractivity contribution in [2.45, 2.75) is 78.2 Å². The molecule has 2 amide bonds. The Hall–Kier alpha value is -3.47. The highest BCUT2D eigenvalue weighted by molar-refractivity contribution is 6.00. The average molecular weight is 614 g/mol. The van der Waals surface area contributed by atoms with Crippen molar-refractivity contribution in [3.05, 3.63) is 47.3 Å². The van der Waals surface area contributed by atoms with E-state index < -0.39 is 29.4 Å². The van der Waals surface area contributed by atoms with Gasteiger partial charge >= 0.3 is 0 Å². The van der Waals surface area contributed by atoms with Crippen molar-refractivity contribution >= 4 is 29.1 Å². The molecule has 2 fully saturated rings. The molecule has 1 aliphatic heterocycles. The Kier molecular flexibility index (Phi) is 11.8. The SMILES string of the molecule is CCC(=O)C[C@H](Cc1cc(F)c(NC(=O)[C@@H](CC(=O)c2ccnn2CC)C2CCCCC2)cc1F)C(=O)N1CCN(C)CC1. The average Bonchev–Trinajstić information content (AvgIpc) is 3.51. The van der Waals surface area contributed by atoms with Crippen molar-refractivity contribution in [1.82, 2.24) is 19.6 Å². The highest BCUT2D eigenvalue weighted by Crippen LogP contribution is 2.34. The number of benzene rings is 1. The van der Waals surface area contributed by atoms with E-state index in [0.29, 0.717) is 38.4 Å². The zero-order chi connectivity index (χ0) is 31.8. The number of amides is 2. The van der Waals surface area contributed by atoms with Crippen molar-refractivity contribution < 1.29 is 28.0 Å². The van der Waals surface area contributed by atoms with Crippen molar-refractivity contribution in [3.8, 4) is 0 Å². The van der Waals surface area contributed by atoms with Crippen LogP contribution in [0.5, 0.6) is 0 Å². The Labute approximate surface area is 258 Å². The molecular weight excluding hydrogens is 568 g/mol. The summed E-state index contributed by atoms with van der Waals surface area (Å²) in [5, 5.41) is 6.72. The molecule has 0 radical (unpaired) electrons. The Morgan fingerprint density at radius 1 is 0.977 bits per heavy atom. The molecule has 0 bridgehead atoms. The Morgan fingerprint density at radius 3 is 2.34 bits per heavy atom. The summed E-state index contributed by atoms with van der Waals surface area (Å²) < 4.78 is 32.5. The van der Waals surface area contributed by atoms with E-state index in [1.54, 1.807) is 28.8 Å². The molecule has 1 aliphatic carbocycles. The molecule has 1 saturated heterocycles. The van der Waals surface area contributed by atoms with Gasteiger partial charge in [-0.2, -0.15) is 5.10 Å². The molecule has 11 heteroatoms. The molecule has 1 aromatic heterocycles. The van der Waals surface area contributed by atoms with Crippen LogP contribution in [0.4, 0.5) is 14.5 Å². The number of carbonyl (C=O) groups excluding carboxylic acids is 4. The summed E-state index contributed by atoms with van der Waals surface area (Å²) in [4.78, 5) is 56.3. The summed E-state index contributed by atoms with van der Waals surface area (Å²) in [6.07, 6.45) is 6.10. The fourth-order valence-corrected chi connectivity index (χ4v) is 6.42. The van der Waals surface area contributed by atoms with Crippen molar-refractivity contribution in [1.29, 1.82) is 0 Å². The minimum atomic E-state index is -0.833. The fraction of sp³-hybridized carbons (Fsp3) is 0.606. The van der Waals surface area contributed by atoms with Gasteiger partial charge in [0.2, 0.25) is 11.8 Å². The van der Waals surface area contributed by atoms with Gasteiger partial charge in [-0.1, -0.05) is 26.2 Å². The zero-order valence-electron chi connectivity index (χ0n) is 26.1. The van der Waals surface area contributed by atoms with Crippen LogP contribution in [0.15, 0.2) is 24.4 Å². The van der Waals surface area contributed by atoms with Crippen LogP contribution in [0.2, 0.25) is 0 Å². The minimum absolute atomic E-state index is 0.0243. The third kappa shape index (κ3) is 8.37. The maximum Gasteiger partial charge on any atom is 0.228 e. The van der Waals surface area contributed by atoms with Crippen LogP contribution in [0.25, 0.3) is 0 Å². The van der Waals surface area contributed by atoms with E-state index >= 15 is 8.78 Å². The maximum absolute atomic E-state index is 15.5. The molecule has 9 nitrogen and oxygen atoms in total. The second-order valence-electron chi connectivity index (χ2n) is 12.2. The summed E-state index contributed by atoms with van der Waals surface area (Å²) >= 11 is 0. The number of nitrogens with zero attached hydrogens (tertiary/aromatic N) is 4. The van der Waals surface area contributed by atoms with E-state index in [2.05, 4.69) is 15.3 Å². The summed E-state index contributed by atoms with van der Waals surface area (Å²) in [7, 11) is 1.97. The molecule has 240 valence electrons. The molecule has 2 heterocycles. The normalized spacial score (nSPS) is 17.7. The molecule has 1 saturated carbocycles. The molecule has 4 rings (SSSR count). The van der Waals surface area contributed by atoms with Crippen LogP contribution in [-0.4, -0.2) is 76.2 Å².